The van der Waals surface area contributed by atoms with Crippen LogP contribution in [0, 0.1) is 13.8 Å². The van der Waals surface area contributed by atoms with Gasteiger partial charge in [0.2, 0.25) is 0 Å². The van der Waals surface area contributed by atoms with Crippen molar-refractivity contribution in [1.29, 1.82) is 0 Å². The Bertz CT molecular complexity index is 842. The van der Waals surface area contributed by atoms with Crippen molar-refractivity contribution >= 4 is 12.0 Å². The summed E-state index contributed by atoms with van der Waals surface area (Å²) < 4.78 is 10.8. The van der Waals surface area contributed by atoms with E-state index in [0.29, 0.717) is 6.04 Å². The van der Waals surface area contributed by atoms with E-state index in [1.54, 1.807) is 14.2 Å². The number of benzene rings is 2. The van der Waals surface area contributed by atoms with E-state index in [0.717, 1.165) is 60.7 Å². The number of aryl methyl sites for hydroxylation is 2. The van der Waals surface area contributed by atoms with Gasteiger partial charge in [-0.05, 0) is 61.7 Å². The minimum Gasteiger partial charge on any atom is -0.493 e. The zero-order valence-corrected chi connectivity index (χ0v) is 17.5. The molecule has 2 aromatic rings. The molecule has 2 aromatic carbocycles. The van der Waals surface area contributed by atoms with Crippen LogP contribution in [-0.4, -0.2) is 51.6 Å². The van der Waals surface area contributed by atoms with Gasteiger partial charge in [-0.1, -0.05) is 6.07 Å². The van der Waals surface area contributed by atoms with Crippen molar-refractivity contribution in [1.82, 2.24) is 4.90 Å². The summed E-state index contributed by atoms with van der Waals surface area (Å²) in [6.45, 7) is 10.2. The first-order valence-electron chi connectivity index (χ1n) is 9.75. The molecule has 5 nitrogen and oxygen atoms in total. The van der Waals surface area contributed by atoms with Crippen LogP contribution in [0.2, 0.25) is 0 Å². The Labute approximate surface area is 167 Å². The van der Waals surface area contributed by atoms with Gasteiger partial charge in [0.1, 0.15) is 6.29 Å². The van der Waals surface area contributed by atoms with Crippen LogP contribution in [0.1, 0.15) is 40.0 Å². The number of piperazine rings is 1. The molecular weight excluding hydrogens is 352 g/mol. The first kappa shape index (κ1) is 20.2. The van der Waals surface area contributed by atoms with E-state index in [-0.39, 0.29) is 0 Å². The summed E-state index contributed by atoms with van der Waals surface area (Å²) in [6, 6.07) is 10.6. The van der Waals surface area contributed by atoms with E-state index < -0.39 is 0 Å². The van der Waals surface area contributed by atoms with E-state index in [1.165, 1.54) is 11.3 Å². The lowest BCUT2D eigenvalue weighted by atomic mass is 10.0. The first-order chi connectivity index (χ1) is 13.5. The second-order valence-electron chi connectivity index (χ2n) is 7.43. The Morgan fingerprint density at radius 3 is 2.21 bits per heavy atom. The molecule has 0 spiro atoms. The zero-order chi connectivity index (χ0) is 20.3. The maximum absolute atomic E-state index is 11.2. The number of carbonyl (C=O) groups excluding carboxylic acids is 1. The number of hydrogen-bond acceptors (Lipinski definition) is 5. The standard InChI is InChI=1S/C23H30N2O3/c1-16-13-21(17(2)12-20(16)15-26)25-10-8-24(9-11-25)18(3)19-6-7-22(27-4)23(14-19)28-5/h6-7,12-15,18H,8-11H2,1-5H3/t18-/m1/s1. The van der Waals surface area contributed by atoms with Crippen molar-refractivity contribution < 1.29 is 14.3 Å². The van der Waals surface area contributed by atoms with Crippen LogP contribution in [0.25, 0.3) is 0 Å². The maximum Gasteiger partial charge on any atom is 0.161 e. The van der Waals surface area contributed by atoms with Crippen LogP contribution < -0.4 is 14.4 Å². The average molecular weight is 383 g/mol. The van der Waals surface area contributed by atoms with Crippen LogP contribution in [-0.2, 0) is 0 Å². The number of anilines is 1. The predicted molar refractivity (Wildman–Crippen MR) is 113 cm³/mol. The molecule has 0 unspecified atom stereocenters. The average Bonchev–Trinajstić information content (AvgIpc) is 2.74. The van der Waals surface area contributed by atoms with Crippen molar-refractivity contribution in [2.75, 3.05) is 45.3 Å². The van der Waals surface area contributed by atoms with Gasteiger partial charge in [0.25, 0.3) is 0 Å². The lowest BCUT2D eigenvalue weighted by Crippen LogP contribution is -2.47. The summed E-state index contributed by atoms with van der Waals surface area (Å²) in [5.74, 6) is 1.53. The van der Waals surface area contributed by atoms with Crippen LogP contribution in [0.15, 0.2) is 30.3 Å². The molecule has 3 rings (SSSR count). The van der Waals surface area contributed by atoms with Gasteiger partial charge in [0.15, 0.2) is 11.5 Å². The molecule has 0 bridgehead atoms. The van der Waals surface area contributed by atoms with Gasteiger partial charge in [0.05, 0.1) is 14.2 Å². The number of ether oxygens (including phenoxy) is 2. The van der Waals surface area contributed by atoms with Crippen LogP contribution in [0.3, 0.4) is 0 Å². The molecule has 5 heteroatoms. The fourth-order valence-electron chi connectivity index (χ4n) is 3.96. The largest absolute Gasteiger partial charge is 0.493 e. The van der Waals surface area contributed by atoms with Crippen LogP contribution in [0.4, 0.5) is 5.69 Å². The highest BCUT2D eigenvalue weighted by molar-refractivity contribution is 5.79. The van der Waals surface area contributed by atoms with Crippen molar-refractivity contribution in [3.8, 4) is 11.5 Å². The maximum atomic E-state index is 11.2. The van der Waals surface area contributed by atoms with E-state index in [4.69, 9.17) is 9.47 Å². The molecule has 0 amide bonds. The molecule has 1 aliphatic rings. The molecule has 28 heavy (non-hydrogen) atoms. The van der Waals surface area contributed by atoms with Crippen LogP contribution >= 0.6 is 0 Å². The molecule has 0 aliphatic carbocycles. The number of hydrogen-bond donors (Lipinski definition) is 0. The third-order valence-electron chi connectivity index (χ3n) is 5.80. The Morgan fingerprint density at radius 1 is 0.929 bits per heavy atom. The summed E-state index contributed by atoms with van der Waals surface area (Å²) >= 11 is 0. The van der Waals surface area contributed by atoms with E-state index >= 15 is 0 Å². The highest BCUT2D eigenvalue weighted by Gasteiger charge is 2.24. The second-order valence-corrected chi connectivity index (χ2v) is 7.43. The summed E-state index contributed by atoms with van der Waals surface area (Å²) in [7, 11) is 3.33. The molecule has 0 aromatic heterocycles. The third-order valence-corrected chi connectivity index (χ3v) is 5.80. The van der Waals surface area contributed by atoms with Gasteiger partial charge in [-0.25, -0.2) is 0 Å². The van der Waals surface area contributed by atoms with Crippen molar-refractivity contribution in [3.05, 3.63) is 52.6 Å². The predicted octanol–water partition coefficient (Wildman–Crippen LogP) is 4.02. The smallest absolute Gasteiger partial charge is 0.161 e. The fraction of sp³-hybridized carbons (Fsp3) is 0.435. The van der Waals surface area contributed by atoms with Gasteiger partial charge in [-0.3, -0.25) is 9.69 Å². The number of rotatable bonds is 6. The van der Waals surface area contributed by atoms with Crippen molar-refractivity contribution in [3.63, 3.8) is 0 Å². The minimum absolute atomic E-state index is 0.308. The van der Waals surface area contributed by atoms with E-state index in [9.17, 15) is 4.79 Å². The molecule has 1 atom stereocenters. The number of methoxy groups -OCH3 is 2. The highest BCUT2D eigenvalue weighted by atomic mass is 16.5. The number of carbonyl (C=O) groups is 1. The van der Waals surface area contributed by atoms with E-state index in [1.807, 2.05) is 19.1 Å². The molecule has 0 radical (unpaired) electrons. The Kier molecular flexibility index (Phi) is 6.25. The van der Waals surface area contributed by atoms with Gasteiger partial charge in [-0.2, -0.15) is 0 Å². The minimum atomic E-state index is 0.308. The van der Waals surface area contributed by atoms with E-state index in [2.05, 4.69) is 41.8 Å². The summed E-state index contributed by atoms with van der Waals surface area (Å²) in [5.41, 5.74) is 5.45. The monoisotopic (exact) mass is 382 g/mol. The van der Waals surface area contributed by atoms with Crippen molar-refractivity contribution in [2.45, 2.75) is 26.8 Å². The molecule has 1 heterocycles. The van der Waals surface area contributed by atoms with Gasteiger partial charge in [-0.15, -0.1) is 0 Å². The lowest BCUT2D eigenvalue weighted by molar-refractivity contribution is 0.112. The fourth-order valence-corrected chi connectivity index (χ4v) is 3.96. The Morgan fingerprint density at radius 2 is 1.61 bits per heavy atom. The van der Waals surface area contributed by atoms with Gasteiger partial charge >= 0.3 is 0 Å². The van der Waals surface area contributed by atoms with Crippen LogP contribution in [0.5, 0.6) is 11.5 Å². The Balaban J connectivity index is 1.70. The molecular formula is C23H30N2O3. The zero-order valence-electron chi connectivity index (χ0n) is 17.5. The number of aldehydes is 1. The second kappa shape index (κ2) is 8.65. The summed E-state index contributed by atoms with van der Waals surface area (Å²) in [6.07, 6.45) is 0.939. The normalized spacial score (nSPS) is 16.0. The molecule has 1 saturated heterocycles. The Hall–Kier alpha value is -2.53. The SMILES string of the molecule is COc1ccc([C@@H](C)N2CCN(c3cc(C)c(C=O)cc3C)CC2)cc1OC. The highest BCUT2D eigenvalue weighted by Crippen LogP contribution is 2.33. The van der Waals surface area contributed by atoms with Gasteiger partial charge in [0, 0.05) is 43.5 Å². The lowest BCUT2D eigenvalue weighted by Gasteiger charge is -2.40. The first-order valence-corrected chi connectivity index (χ1v) is 9.75. The molecule has 1 fully saturated rings. The third kappa shape index (κ3) is 3.99. The summed E-state index contributed by atoms with van der Waals surface area (Å²) in [5, 5.41) is 0. The number of nitrogens with zero attached hydrogens (tertiary/aromatic N) is 2. The topological polar surface area (TPSA) is 42.0 Å². The molecule has 150 valence electrons. The van der Waals surface area contributed by atoms with Crippen molar-refractivity contribution in [2.24, 2.45) is 0 Å². The molecule has 0 saturated carbocycles. The molecule has 1 aliphatic heterocycles. The molecule has 0 N–H and O–H groups in total. The quantitative estimate of drug-likeness (QED) is 0.706. The summed E-state index contributed by atoms with van der Waals surface area (Å²) in [4.78, 5) is 16.1. The van der Waals surface area contributed by atoms with Gasteiger partial charge < -0.3 is 14.4 Å².